The molecule has 1 aromatic carbocycles. The van der Waals surface area contributed by atoms with Crippen LogP contribution in [0, 0.1) is 17.8 Å². The van der Waals surface area contributed by atoms with Gasteiger partial charge in [0.2, 0.25) is 5.91 Å². The van der Waals surface area contributed by atoms with Crippen LogP contribution in [-0.4, -0.2) is 47.2 Å². The van der Waals surface area contributed by atoms with Gasteiger partial charge in [0.1, 0.15) is 6.04 Å². The monoisotopic (exact) mass is 441 g/mol. The Balaban J connectivity index is 1.59. The van der Waals surface area contributed by atoms with Crippen molar-refractivity contribution in [1.82, 2.24) is 15.5 Å². The smallest absolute Gasteiger partial charge is 0.416 e. The van der Waals surface area contributed by atoms with Crippen molar-refractivity contribution in [2.75, 3.05) is 13.1 Å². The number of fused-ring (bicyclic) bond motifs is 1. The van der Waals surface area contributed by atoms with Gasteiger partial charge in [0.15, 0.2) is 0 Å². The minimum absolute atomic E-state index is 0.0470. The lowest BCUT2D eigenvalue weighted by molar-refractivity contribution is -0.137. The molecule has 1 saturated heterocycles. The maximum atomic E-state index is 13.0. The molecule has 172 valence electrons. The molecule has 1 aliphatic carbocycles. The summed E-state index contributed by atoms with van der Waals surface area (Å²) in [4.78, 5) is 25.9. The molecule has 1 heterocycles. The molecule has 31 heavy (non-hydrogen) atoms. The Morgan fingerprint density at radius 2 is 1.97 bits per heavy atom. The number of likely N-dealkylation sites (tertiary alicyclic amines) is 1. The lowest BCUT2D eigenvalue weighted by atomic mass is 9.97. The fourth-order valence-electron chi connectivity index (χ4n) is 4.91. The minimum Gasteiger partial charge on any atom is -0.465 e. The molecular formula is C22H30F3N3O3. The van der Waals surface area contributed by atoms with E-state index >= 15 is 0 Å². The summed E-state index contributed by atoms with van der Waals surface area (Å²) in [6, 6.07) is 4.57. The SMILES string of the molecule is CC(C)CC(NC(=O)O)C(=O)NC1CC[C@H]2CN(Cc3cccc(C(F)(F)F)c3)CC12. The number of amides is 2. The largest absolute Gasteiger partial charge is 0.465 e. The molecule has 2 amide bonds. The van der Waals surface area contributed by atoms with Crippen LogP contribution in [0.5, 0.6) is 0 Å². The summed E-state index contributed by atoms with van der Waals surface area (Å²) in [6.45, 7) is 5.79. The number of benzene rings is 1. The average Bonchev–Trinajstić information content (AvgIpc) is 3.21. The zero-order valence-electron chi connectivity index (χ0n) is 17.8. The molecule has 6 nitrogen and oxygen atoms in total. The Hall–Kier alpha value is -2.29. The van der Waals surface area contributed by atoms with E-state index in [1.807, 2.05) is 13.8 Å². The van der Waals surface area contributed by atoms with E-state index in [0.717, 1.165) is 25.5 Å². The topological polar surface area (TPSA) is 81.7 Å². The van der Waals surface area contributed by atoms with E-state index in [0.29, 0.717) is 31.0 Å². The molecular weight excluding hydrogens is 411 g/mol. The van der Waals surface area contributed by atoms with Crippen LogP contribution in [-0.2, 0) is 17.5 Å². The lowest BCUT2D eigenvalue weighted by Gasteiger charge is -2.25. The van der Waals surface area contributed by atoms with Gasteiger partial charge in [-0.3, -0.25) is 9.69 Å². The van der Waals surface area contributed by atoms with Gasteiger partial charge in [-0.25, -0.2) is 4.79 Å². The van der Waals surface area contributed by atoms with Gasteiger partial charge in [0.25, 0.3) is 0 Å². The molecule has 0 radical (unpaired) electrons. The third-order valence-corrected chi connectivity index (χ3v) is 6.24. The van der Waals surface area contributed by atoms with Crippen LogP contribution in [0.1, 0.15) is 44.2 Å². The van der Waals surface area contributed by atoms with E-state index in [4.69, 9.17) is 5.11 Å². The lowest BCUT2D eigenvalue weighted by Crippen LogP contribution is -2.51. The van der Waals surface area contributed by atoms with Crippen LogP contribution in [0.4, 0.5) is 18.0 Å². The Bertz CT molecular complexity index is 800. The first kappa shape index (κ1) is 23.4. The third kappa shape index (κ3) is 6.12. The summed E-state index contributed by atoms with van der Waals surface area (Å²) in [7, 11) is 0. The van der Waals surface area contributed by atoms with Gasteiger partial charge in [-0.2, -0.15) is 13.2 Å². The van der Waals surface area contributed by atoms with E-state index in [2.05, 4.69) is 15.5 Å². The van der Waals surface area contributed by atoms with Gasteiger partial charge in [0.05, 0.1) is 5.56 Å². The van der Waals surface area contributed by atoms with Crippen molar-refractivity contribution >= 4 is 12.0 Å². The van der Waals surface area contributed by atoms with Crippen molar-refractivity contribution in [2.45, 2.75) is 57.9 Å². The highest BCUT2D eigenvalue weighted by Crippen LogP contribution is 2.39. The highest BCUT2D eigenvalue weighted by Gasteiger charge is 2.43. The molecule has 0 aromatic heterocycles. The van der Waals surface area contributed by atoms with Gasteiger partial charge in [-0.05, 0) is 48.6 Å². The number of nitrogens with zero attached hydrogens (tertiary/aromatic N) is 1. The van der Waals surface area contributed by atoms with Crippen molar-refractivity contribution in [3.05, 3.63) is 35.4 Å². The molecule has 2 fully saturated rings. The first-order valence-electron chi connectivity index (χ1n) is 10.7. The van der Waals surface area contributed by atoms with E-state index in [1.54, 1.807) is 6.07 Å². The molecule has 1 aromatic rings. The maximum absolute atomic E-state index is 13.0. The van der Waals surface area contributed by atoms with Gasteiger partial charge >= 0.3 is 12.3 Å². The number of hydrogen-bond donors (Lipinski definition) is 3. The molecule has 3 rings (SSSR count). The van der Waals surface area contributed by atoms with Crippen molar-refractivity contribution in [2.24, 2.45) is 17.8 Å². The first-order chi connectivity index (χ1) is 14.5. The number of halogens is 3. The number of carbonyl (C=O) groups excluding carboxylic acids is 1. The zero-order valence-corrected chi connectivity index (χ0v) is 17.8. The van der Waals surface area contributed by atoms with Crippen molar-refractivity contribution < 1.29 is 27.9 Å². The predicted octanol–water partition coefficient (Wildman–Crippen LogP) is 3.71. The van der Waals surface area contributed by atoms with Gasteiger partial charge < -0.3 is 15.7 Å². The van der Waals surface area contributed by atoms with E-state index in [1.165, 1.54) is 12.1 Å². The highest BCUT2D eigenvalue weighted by atomic mass is 19.4. The Labute approximate surface area is 180 Å². The van der Waals surface area contributed by atoms with E-state index < -0.39 is 23.9 Å². The van der Waals surface area contributed by atoms with Gasteiger partial charge in [-0.1, -0.05) is 32.0 Å². The minimum atomic E-state index is -4.36. The second-order valence-corrected chi connectivity index (χ2v) is 9.14. The Morgan fingerprint density at radius 3 is 2.61 bits per heavy atom. The first-order valence-corrected chi connectivity index (χ1v) is 10.7. The molecule has 2 aliphatic rings. The van der Waals surface area contributed by atoms with E-state index in [9.17, 15) is 22.8 Å². The summed E-state index contributed by atoms with van der Waals surface area (Å²) in [5.74, 6) is 0.456. The molecule has 0 spiro atoms. The standard InChI is InChI=1S/C22H30F3N3O3/c1-13(2)8-19(27-21(30)31)20(29)26-18-7-6-15-11-28(12-17(15)18)10-14-4-3-5-16(9-14)22(23,24)25/h3-5,9,13,15,17-19,27H,6-8,10-12H2,1-2H3,(H,26,29)(H,30,31)/t15-,17?,18?,19?/m0/s1. The molecule has 0 bridgehead atoms. The highest BCUT2D eigenvalue weighted by molar-refractivity contribution is 5.85. The summed E-state index contributed by atoms with van der Waals surface area (Å²) < 4.78 is 38.9. The second kappa shape index (κ2) is 9.46. The van der Waals surface area contributed by atoms with Crippen molar-refractivity contribution in [1.29, 1.82) is 0 Å². The van der Waals surface area contributed by atoms with Crippen LogP contribution < -0.4 is 10.6 Å². The zero-order chi connectivity index (χ0) is 22.8. The molecule has 1 aliphatic heterocycles. The summed E-state index contributed by atoms with van der Waals surface area (Å²) in [5, 5.41) is 14.4. The number of carbonyl (C=O) groups is 2. The molecule has 9 heteroatoms. The summed E-state index contributed by atoms with van der Waals surface area (Å²) >= 11 is 0. The van der Waals surface area contributed by atoms with Crippen LogP contribution in [0.25, 0.3) is 0 Å². The molecule has 3 unspecified atom stereocenters. The third-order valence-electron chi connectivity index (χ3n) is 6.24. The van der Waals surface area contributed by atoms with Crippen LogP contribution >= 0.6 is 0 Å². The Morgan fingerprint density at radius 1 is 1.23 bits per heavy atom. The van der Waals surface area contributed by atoms with Crippen LogP contribution in [0.2, 0.25) is 0 Å². The maximum Gasteiger partial charge on any atom is 0.416 e. The van der Waals surface area contributed by atoms with Crippen molar-refractivity contribution in [3.8, 4) is 0 Å². The fraction of sp³-hybridized carbons (Fsp3) is 0.636. The number of carboxylic acid groups (broad SMARTS) is 1. The molecule has 3 N–H and O–H groups in total. The molecule has 1 saturated carbocycles. The number of hydrogen-bond acceptors (Lipinski definition) is 3. The van der Waals surface area contributed by atoms with Gasteiger partial charge in [-0.15, -0.1) is 0 Å². The number of rotatable bonds is 7. The fourth-order valence-corrected chi connectivity index (χ4v) is 4.91. The molecule has 4 atom stereocenters. The second-order valence-electron chi connectivity index (χ2n) is 9.14. The average molecular weight is 441 g/mol. The Kier molecular flexibility index (Phi) is 7.13. The van der Waals surface area contributed by atoms with Crippen LogP contribution in [0.15, 0.2) is 24.3 Å². The number of nitrogens with one attached hydrogen (secondary N) is 2. The number of alkyl halides is 3. The summed E-state index contributed by atoms with van der Waals surface area (Å²) in [5.41, 5.74) is -0.0188. The normalized spacial score (nSPS) is 24.8. The predicted molar refractivity (Wildman–Crippen MR) is 109 cm³/mol. The van der Waals surface area contributed by atoms with E-state index in [-0.39, 0.29) is 23.8 Å². The quantitative estimate of drug-likeness (QED) is 0.603. The van der Waals surface area contributed by atoms with Crippen LogP contribution in [0.3, 0.4) is 0 Å². The van der Waals surface area contributed by atoms with Crippen molar-refractivity contribution in [3.63, 3.8) is 0 Å². The summed E-state index contributed by atoms with van der Waals surface area (Å²) in [6.07, 6.45) is -3.39. The van der Waals surface area contributed by atoms with Gasteiger partial charge in [0, 0.05) is 25.7 Å².